The molecule has 1 aromatic heterocycles. The molecule has 2 amide bonds. The van der Waals surface area contributed by atoms with Gasteiger partial charge >= 0.3 is 12.0 Å². The number of hydrogen-bond donors (Lipinski definition) is 3. The minimum atomic E-state index is -0.866. The summed E-state index contributed by atoms with van der Waals surface area (Å²) in [5.74, 6) is -0.866. The lowest BCUT2D eigenvalue weighted by atomic mass is 10.2. The Morgan fingerprint density at radius 1 is 1.25 bits per heavy atom. The number of amides is 2. The molecule has 0 fully saturated rings. The van der Waals surface area contributed by atoms with Crippen LogP contribution in [0.1, 0.15) is 12.8 Å². The molecule has 0 aliphatic carbocycles. The van der Waals surface area contributed by atoms with E-state index >= 15 is 0 Å². The maximum atomic E-state index is 11.6. The number of aliphatic carboxylic acids is 1. The highest BCUT2D eigenvalue weighted by molar-refractivity contribution is 5.92. The van der Waals surface area contributed by atoms with Crippen molar-refractivity contribution in [2.45, 2.75) is 12.8 Å². The van der Waals surface area contributed by atoms with E-state index in [0.29, 0.717) is 18.7 Å². The molecule has 0 saturated carbocycles. The summed E-state index contributed by atoms with van der Waals surface area (Å²) in [6.45, 7) is 0.327. The maximum Gasteiger partial charge on any atom is 0.319 e. The lowest BCUT2D eigenvalue weighted by Gasteiger charge is -2.07. The molecule has 1 aromatic carbocycles. The average molecular weight is 273 g/mol. The van der Waals surface area contributed by atoms with Crippen molar-refractivity contribution in [3.8, 4) is 0 Å². The normalized spacial score (nSPS) is 10.2. The Kier molecular flexibility index (Phi) is 4.49. The Morgan fingerprint density at radius 3 is 2.90 bits per heavy atom. The second kappa shape index (κ2) is 6.51. The van der Waals surface area contributed by atoms with Gasteiger partial charge in [0.25, 0.3) is 0 Å². The molecule has 2 aromatic rings. The number of carboxylic acid groups (broad SMARTS) is 1. The summed E-state index contributed by atoms with van der Waals surface area (Å²) >= 11 is 0. The van der Waals surface area contributed by atoms with Gasteiger partial charge in [-0.05, 0) is 30.7 Å². The summed E-state index contributed by atoms with van der Waals surface area (Å²) < 4.78 is 0. The summed E-state index contributed by atoms with van der Waals surface area (Å²) in [6, 6.07) is 8.83. The average Bonchev–Trinajstić information content (AvgIpc) is 2.43. The first-order valence-corrected chi connectivity index (χ1v) is 6.26. The molecule has 3 N–H and O–H groups in total. The zero-order valence-corrected chi connectivity index (χ0v) is 10.8. The number of urea groups is 1. The SMILES string of the molecule is O=C(O)CCCNC(=O)Nc1ccc2ncccc2c1. The predicted molar refractivity (Wildman–Crippen MR) is 75.6 cm³/mol. The van der Waals surface area contributed by atoms with Crippen molar-refractivity contribution in [3.63, 3.8) is 0 Å². The summed E-state index contributed by atoms with van der Waals surface area (Å²) in [5.41, 5.74) is 1.53. The van der Waals surface area contributed by atoms with E-state index in [1.807, 2.05) is 24.3 Å². The van der Waals surface area contributed by atoms with Gasteiger partial charge in [-0.2, -0.15) is 0 Å². The molecular formula is C14H15N3O3. The van der Waals surface area contributed by atoms with Crippen molar-refractivity contribution in [2.75, 3.05) is 11.9 Å². The van der Waals surface area contributed by atoms with E-state index < -0.39 is 5.97 Å². The van der Waals surface area contributed by atoms with E-state index in [4.69, 9.17) is 5.11 Å². The van der Waals surface area contributed by atoms with Crippen molar-refractivity contribution in [2.24, 2.45) is 0 Å². The van der Waals surface area contributed by atoms with Crippen LogP contribution >= 0.6 is 0 Å². The molecule has 0 spiro atoms. The van der Waals surface area contributed by atoms with Crippen molar-refractivity contribution in [3.05, 3.63) is 36.5 Å². The minimum Gasteiger partial charge on any atom is -0.481 e. The lowest BCUT2D eigenvalue weighted by molar-refractivity contribution is -0.137. The van der Waals surface area contributed by atoms with Gasteiger partial charge in [0, 0.05) is 30.2 Å². The molecule has 104 valence electrons. The number of fused-ring (bicyclic) bond motifs is 1. The molecule has 20 heavy (non-hydrogen) atoms. The number of hydrogen-bond acceptors (Lipinski definition) is 3. The Hall–Kier alpha value is -2.63. The third kappa shape index (κ3) is 3.94. The molecule has 0 atom stereocenters. The zero-order chi connectivity index (χ0) is 14.4. The molecule has 0 radical (unpaired) electrons. The van der Waals surface area contributed by atoms with Crippen LogP contribution in [-0.4, -0.2) is 28.6 Å². The number of carboxylic acids is 1. The fourth-order valence-corrected chi connectivity index (χ4v) is 1.77. The first kappa shape index (κ1) is 13.8. The highest BCUT2D eigenvalue weighted by atomic mass is 16.4. The van der Waals surface area contributed by atoms with Crippen LogP contribution in [0.5, 0.6) is 0 Å². The number of rotatable bonds is 5. The number of carbonyl (C=O) groups excluding carboxylic acids is 1. The summed E-state index contributed by atoms with van der Waals surface area (Å²) in [6.07, 6.45) is 2.16. The quantitative estimate of drug-likeness (QED) is 0.728. The Labute approximate surface area is 115 Å². The fourth-order valence-electron chi connectivity index (χ4n) is 1.77. The molecule has 0 aliphatic heterocycles. The number of anilines is 1. The van der Waals surface area contributed by atoms with Crippen LogP contribution in [0.25, 0.3) is 10.9 Å². The maximum absolute atomic E-state index is 11.6. The van der Waals surface area contributed by atoms with E-state index in [9.17, 15) is 9.59 Å². The second-order valence-corrected chi connectivity index (χ2v) is 4.29. The molecule has 0 unspecified atom stereocenters. The van der Waals surface area contributed by atoms with Gasteiger partial charge in [-0.15, -0.1) is 0 Å². The Balaban J connectivity index is 1.88. The van der Waals surface area contributed by atoms with Crippen LogP contribution in [0, 0.1) is 0 Å². The van der Waals surface area contributed by atoms with Gasteiger partial charge in [-0.3, -0.25) is 9.78 Å². The van der Waals surface area contributed by atoms with Crippen LogP contribution in [0.2, 0.25) is 0 Å². The predicted octanol–water partition coefficient (Wildman–Crippen LogP) is 2.22. The highest BCUT2D eigenvalue weighted by Crippen LogP contribution is 2.16. The van der Waals surface area contributed by atoms with E-state index in [0.717, 1.165) is 10.9 Å². The van der Waals surface area contributed by atoms with E-state index in [-0.39, 0.29) is 12.5 Å². The van der Waals surface area contributed by atoms with Crippen LogP contribution in [-0.2, 0) is 4.79 Å². The highest BCUT2D eigenvalue weighted by Gasteiger charge is 2.03. The first-order valence-electron chi connectivity index (χ1n) is 6.26. The number of benzene rings is 1. The monoisotopic (exact) mass is 273 g/mol. The van der Waals surface area contributed by atoms with E-state index in [1.54, 1.807) is 12.3 Å². The molecule has 1 heterocycles. The molecule has 6 nitrogen and oxygen atoms in total. The fraction of sp³-hybridized carbons (Fsp3) is 0.214. The zero-order valence-electron chi connectivity index (χ0n) is 10.8. The minimum absolute atomic E-state index is 0.0436. The molecule has 0 aliphatic rings. The van der Waals surface area contributed by atoms with E-state index in [2.05, 4.69) is 15.6 Å². The van der Waals surface area contributed by atoms with Crippen LogP contribution in [0.15, 0.2) is 36.5 Å². The van der Waals surface area contributed by atoms with Gasteiger partial charge in [0.05, 0.1) is 5.52 Å². The van der Waals surface area contributed by atoms with Crippen LogP contribution in [0.3, 0.4) is 0 Å². The van der Waals surface area contributed by atoms with Crippen molar-refractivity contribution < 1.29 is 14.7 Å². The third-order valence-electron chi connectivity index (χ3n) is 2.71. The van der Waals surface area contributed by atoms with Gasteiger partial charge in [-0.1, -0.05) is 6.07 Å². The topological polar surface area (TPSA) is 91.3 Å². The number of pyridine rings is 1. The van der Waals surface area contributed by atoms with Gasteiger partial charge < -0.3 is 15.7 Å². The van der Waals surface area contributed by atoms with Gasteiger partial charge in [-0.25, -0.2) is 4.79 Å². The van der Waals surface area contributed by atoms with Crippen molar-refractivity contribution in [1.29, 1.82) is 0 Å². The molecule has 2 rings (SSSR count). The van der Waals surface area contributed by atoms with Crippen LogP contribution in [0.4, 0.5) is 10.5 Å². The summed E-state index contributed by atoms with van der Waals surface area (Å²) in [5, 5.41) is 14.7. The molecule has 6 heteroatoms. The lowest BCUT2D eigenvalue weighted by Crippen LogP contribution is -2.29. The molecular weight excluding hydrogens is 258 g/mol. The summed E-state index contributed by atoms with van der Waals surface area (Å²) in [4.78, 5) is 26.1. The molecule has 0 bridgehead atoms. The first-order chi connectivity index (χ1) is 9.65. The smallest absolute Gasteiger partial charge is 0.319 e. The van der Waals surface area contributed by atoms with Crippen molar-refractivity contribution in [1.82, 2.24) is 10.3 Å². The second-order valence-electron chi connectivity index (χ2n) is 4.29. The summed E-state index contributed by atoms with van der Waals surface area (Å²) in [7, 11) is 0. The van der Waals surface area contributed by atoms with Gasteiger partial charge in [0.15, 0.2) is 0 Å². The Bertz CT molecular complexity index is 628. The van der Waals surface area contributed by atoms with Gasteiger partial charge in [0.1, 0.15) is 0 Å². The number of carbonyl (C=O) groups is 2. The third-order valence-corrected chi connectivity index (χ3v) is 2.71. The molecule has 0 saturated heterocycles. The van der Waals surface area contributed by atoms with E-state index in [1.165, 1.54) is 0 Å². The number of aromatic nitrogens is 1. The Morgan fingerprint density at radius 2 is 2.10 bits per heavy atom. The number of nitrogens with zero attached hydrogens (tertiary/aromatic N) is 1. The van der Waals surface area contributed by atoms with Crippen LogP contribution < -0.4 is 10.6 Å². The van der Waals surface area contributed by atoms with Gasteiger partial charge in [0.2, 0.25) is 0 Å². The van der Waals surface area contributed by atoms with Crippen molar-refractivity contribution >= 4 is 28.6 Å². The number of nitrogens with one attached hydrogen (secondary N) is 2. The standard InChI is InChI=1S/C14H15N3O3/c18-13(19)4-2-8-16-14(20)17-11-5-6-12-10(9-11)3-1-7-15-12/h1,3,5-7,9H,2,4,8H2,(H,18,19)(H2,16,17,20). The largest absolute Gasteiger partial charge is 0.481 e.